The van der Waals surface area contributed by atoms with Crippen molar-refractivity contribution in [1.82, 2.24) is 0 Å². The molecule has 0 saturated heterocycles. The number of thiophene rings is 2. The lowest BCUT2D eigenvalue weighted by Crippen LogP contribution is -1.86. The predicted molar refractivity (Wildman–Crippen MR) is 127 cm³/mol. The van der Waals surface area contributed by atoms with E-state index in [2.05, 4.69) is 88.4 Å². The third-order valence-corrected chi connectivity index (χ3v) is 7.52. The zero-order chi connectivity index (χ0) is 19.4. The third-order valence-electron chi connectivity index (χ3n) is 5.38. The van der Waals surface area contributed by atoms with Crippen molar-refractivity contribution >= 4 is 42.8 Å². The smallest absolute Gasteiger partial charge is 0.0437 e. The molecule has 5 aromatic rings. The minimum atomic E-state index is 1.30. The standard InChI is InChI=1S/C26H22S2/c1-15-5-9-19(10-6-15)23-21-13-17(3)28-26(21)24(20-11-7-16(2)8-12-20)22-14-18(4)27-25(22)23/h5-14H,1-4H3. The summed E-state index contributed by atoms with van der Waals surface area (Å²) in [5, 5.41) is 2.77. The van der Waals surface area contributed by atoms with Gasteiger partial charge < -0.3 is 0 Å². The Labute approximate surface area is 174 Å². The van der Waals surface area contributed by atoms with Gasteiger partial charge in [-0.05, 0) is 51.0 Å². The molecule has 0 aliphatic carbocycles. The summed E-state index contributed by atoms with van der Waals surface area (Å²) in [5.41, 5.74) is 8.02. The Morgan fingerprint density at radius 2 is 0.857 bits per heavy atom. The van der Waals surface area contributed by atoms with Crippen molar-refractivity contribution in [3.05, 3.63) is 81.5 Å². The van der Waals surface area contributed by atoms with Crippen molar-refractivity contribution in [2.75, 3.05) is 0 Å². The van der Waals surface area contributed by atoms with Crippen LogP contribution in [0.2, 0.25) is 0 Å². The van der Waals surface area contributed by atoms with Gasteiger partial charge in [0.25, 0.3) is 0 Å². The van der Waals surface area contributed by atoms with E-state index in [0.717, 1.165) is 0 Å². The average Bonchev–Trinajstić information content (AvgIpc) is 3.23. The molecule has 2 aromatic heterocycles. The molecular formula is C26H22S2. The maximum Gasteiger partial charge on any atom is 0.0437 e. The van der Waals surface area contributed by atoms with E-state index in [0.29, 0.717) is 0 Å². The normalized spacial score (nSPS) is 11.6. The first kappa shape index (κ1) is 17.7. The molecule has 0 N–H and O–H groups in total. The molecule has 5 rings (SSSR count). The van der Waals surface area contributed by atoms with Crippen molar-refractivity contribution in [3.63, 3.8) is 0 Å². The number of benzene rings is 3. The summed E-state index contributed by atoms with van der Waals surface area (Å²) >= 11 is 3.84. The van der Waals surface area contributed by atoms with Gasteiger partial charge in [-0.25, -0.2) is 0 Å². The van der Waals surface area contributed by atoms with Crippen molar-refractivity contribution in [1.29, 1.82) is 0 Å². The molecule has 0 atom stereocenters. The van der Waals surface area contributed by atoms with Crippen LogP contribution in [-0.2, 0) is 0 Å². The summed E-state index contributed by atoms with van der Waals surface area (Å²) in [6.07, 6.45) is 0. The van der Waals surface area contributed by atoms with Gasteiger partial charge in [0, 0.05) is 41.1 Å². The molecule has 0 nitrogen and oxygen atoms in total. The molecule has 0 radical (unpaired) electrons. The van der Waals surface area contributed by atoms with Gasteiger partial charge in [-0.2, -0.15) is 0 Å². The predicted octanol–water partition coefficient (Wildman–Crippen LogP) is 8.68. The van der Waals surface area contributed by atoms with Crippen LogP contribution >= 0.6 is 22.7 Å². The number of hydrogen-bond acceptors (Lipinski definition) is 2. The second-order valence-corrected chi connectivity index (χ2v) is 10.2. The van der Waals surface area contributed by atoms with Crippen LogP contribution in [0.3, 0.4) is 0 Å². The van der Waals surface area contributed by atoms with Crippen molar-refractivity contribution in [2.24, 2.45) is 0 Å². The zero-order valence-corrected chi connectivity index (χ0v) is 18.2. The molecule has 0 saturated carbocycles. The summed E-state index contributed by atoms with van der Waals surface area (Å²) < 4.78 is 2.81. The van der Waals surface area contributed by atoms with Crippen LogP contribution in [0.1, 0.15) is 20.9 Å². The van der Waals surface area contributed by atoms with E-state index in [1.165, 1.54) is 63.3 Å². The molecule has 0 spiro atoms. The van der Waals surface area contributed by atoms with E-state index in [1.54, 1.807) is 0 Å². The Hall–Kier alpha value is -2.42. The van der Waals surface area contributed by atoms with Gasteiger partial charge in [-0.1, -0.05) is 59.7 Å². The summed E-state index contributed by atoms with van der Waals surface area (Å²) in [6, 6.07) is 22.7. The summed E-state index contributed by atoms with van der Waals surface area (Å²) in [6.45, 7) is 8.75. The van der Waals surface area contributed by atoms with Crippen molar-refractivity contribution < 1.29 is 0 Å². The van der Waals surface area contributed by atoms with Gasteiger partial charge in [0.15, 0.2) is 0 Å². The van der Waals surface area contributed by atoms with Crippen LogP contribution in [0.25, 0.3) is 42.4 Å². The average molecular weight is 399 g/mol. The summed E-state index contributed by atoms with van der Waals surface area (Å²) in [4.78, 5) is 2.73. The first-order valence-corrected chi connectivity index (χ1v) is 11.2. The molecule has 2 heteroatoms. The van der Waals surface area contributed by atoms with Gasteiger partial charge >= 0.3 is 0 Å². The first-order chi connectivity index (χ1) is 13.5. The van der Waals surface area contributed by atoms with E-state index in [1.807, 2.05) is 22.7 Å². The minimum Gasteiger partial charge on any atom is -0.140 e. The van der Waals surface area contributed by atoms with Crippen molar-refractivity contribution in [2.45, 2.75) is 27.7 Å². The zero-order valence-electron chi connectivity index (χ0n) is 16.6. The highest BCUT2D eigenvalue weighted by molar-refractivity contribution is 7.21. The lowest BCUT2D eigenvalue weighted by molar-refractivity contribution is 1.47. The summed E-state index contributed by atoms with van der Waals surface area (Å²) in [5.74, 6) is 0. The molecule has 0 unspecified atom stereocenters. The highest BCUT2D eigenvalue weighted by Gasteiger charge is 2.20. The SMILES string of the molecule is Cc1ccc(-c2c3cc(C)sc3c(-c3ccc(C)cc3)c3cc(C)sc23)cc1. The van der Waals surface area contributed by atoms with Crippen LogP contribution in [0.5, 0.6) is 0 Å². The van der Waals surface area contributed by atoms with E-state index < -0.39 is 0 Å². The van der Waals surface area contributed by atoms with Crippen LogP contribution < -0.4 is 0 Å². The van der Waals surface area contributed by atoms with Gasteiger partial charge in [0.05, 0.1) is 0 Å². The second-order valence-electron chi connectivity index (χ2n) is 7.68. The molecule has 0 fully saturated rings. The molecule has 138 valence electrons. The Morgan fingerprint density at radius 3 is 1.21 bits per heavy atom. The molecule has 0 bridgehead atoms. The van der Waals surface area contributed by atoms with Gasteiger partial charge in [-0.15, -0.1) is 22.7 Å². The molecular weight excluding hydrogens is 376 g/mol. The van der Waals surface area contributed by atoms with Gasteiger partial charge in [0.1, 0.15) is 0 Å². The Kier molecular flexibility index (Phi) is 4.15. The third kappa shape index (κ3) is 2.80. The van der Waals surface area contributed by atoms with E-state index in [9.17, 15) is 0 Å². The highest BCUT2D eigenvalue weighted by Crippen LogP contribution is 2.49. The topological polar surface area (TPSA) is 0 Å². The first-order valence-electron chi connectivity index (χ1n) is 9.61. The Bertz CT molecular complexity index is 1160. The number of rotatable bonds is 2. The van der Waals surface area contributed by atoms with Crippen LogP contribution in [0, 0.1) is 27.7 Å². The fourth-order valence-electron chi connectivity index (χ4n) is 4.03. The monoisotopic (exact) mass is 398 g/mol. The number of aryl methyl sites for hydroxylation is 4. The van der Waals surface area contributed by atoms with Crippen LogP contribution in [-0.4, -0.2) is 0 Å². The second kappa shape index (κ2) is 6.58. The Balaban J connectivity index is 1.95. The van der Waals surface area contributed by atoms with E-state index in [-0.39, 0.29) is 0 Å². The molecule has 0 aliphatic heterocycles. The molecule has 0 aliphatic rings. The van der Waals surface area contributed by atoms with Gasteiger partial charge in [0.2, 0.25) is 0 Å². The quantitative estimate of drug-likeness (QED) is 0.279. The lowest BCUT2D eigenvalue weighted by atomic mass is 9.93. The molecule has 28 heavy (non-hydrogen) atoms. The largest absolute Gasteiger partial charge is 0.140 e. The van der Waals surface area contributed by atoms with Crippen LogP contribution in [0.15, 0.2) is 60.7 Å². The highest BCUT2D eigenvalue weighted by atomic mass is 32.1. The minimum absolute atomic E-state index is 1.30. The fourth-order valence-corrected chi connectivity index (χ4v) is 6.23. The summed E-state index contributed by atoms with van der Waals surface area (Å²) in [7, 11) is 0. The van der Waals surface area contributed by atoms with Crippen molar-refractivity contribution in [3.8, 4) is 22.3 Å². The number of fused-ring (bicyclic) bond motifs is 2. The van der Waals surface area contributed by atoms with E-state index >= 15 is 0 Å². The molecule has 2 heterocycles. The molecule has 0 amide bonds. The van der Waals surface area contributed by atoms with E-state index in [4.69, 9.17) is 0 Å². The maximum atomic E-state index is 2.38. The fraction of sp³-hybridized carbons (Fsp3) is 0.154. The molecule has 3 aromatic carbocycles. The maximum absolute atomic E-state index is 2.38. The number of hydrogen-bond donors (Lipinski definition) is 0. The van der Waals surface area contributed by atoms with Crippen LogP contribution in [0.4, 0.5) is 0 Å². The lowest BCUT2D eigenvalue weighted by Gasteiger charge is -2.12. The Morgan fingerprint density at radius 1 is 0.500 bits per heavy atom. The van der Waals surface area contributed by atoms with Gasteiger partial charge in [-0.3, -0.25) is 0 Å².